The Morgan fingerprint density at radius 3 is 1.92 bits per heavy atom. The summed E-state index contributed by atoms with van der Waals surface area (Å²) in [6.07, 6.45) is -2.73. The van der Waals surface area contributed by atoms with Crippen LogP contribution in [0.3, 0.4) is 0 Å². The molecule has 2 aliphatic carbocycles. The van der Waals surface area contributed by atoms with Crippen molar-refractivity contribution in [3.8, 4) is 0 Å². The van der Waals surface area contributed by atoms with Crippen LogP contribution in [0.4, 0.5) is 39.5 Å². The molecular formula is C13H11F9O2. The lowest BCUT2D eigenvalue weighted by atomic mass is 9.94. The van der Waals surface area contributed by atoms with Crippen LogP contribution in [0.2, 0.25) is 0 Å². The first-order chi connectivity index (χ1) is 10.7. The van der Waals surface area contributed by atoms with E-state index in [0.29, 0.717) is 6.42 Å². The van der Waals surface area contributed by atoms with Crippen LogP contribution in [0, 0.1) is 17.8 Å². The first-order valence-corrected chi connectivity index (χ1v) is 6.76. The van der Waals surface area contributed by atoms with Crippen molar-refractivity contribution < 1.29 is 49.0 Å². The summed E-state index contributed by atoms with van der Waals surface area (Å²) in [4.78, 5) is 11.6. The molecule has 0 N–H and O–H groups in total. The van der Waals surface area contributed by atoms with E-state index in [1.165, 1.54) is 0 Å². The highest BCUT2D eigenvalue weighted by Crippen LogP contribution is 2.53. The molecule has 0 aromatic heterocycles. The third-order valence-corrected chi connectivity index (χ3v) is 4.19. The van der Waals surface area contributed by atoms with Gasteiger partial charge in [-0.2, -0.15) is 39.5 Å². The quantitative estimate of drug-likeness (QED) is 0.412. The van der Waals surface area contributed by atoms with Crippen molar-refractivity contribution in [2.24, 2.45) is 17.8 Å². The fraction of sp³-hybridized carbons (Fsp3) is 0.769. The molecule has 0 radical (unpaired) electrons. The number of rotatable bonds is 5. The molecule has 2 nitrogen and oxygen atoms in total. The number of halogens is 9. The zero-order valence-electron chi connectivity index (χ0n) is 11.7. The Hall–Kier alpha value is -1.42. The number of carbonyl (C=O) groups excluding carboxylic acids is 1. The molecule has 2 bridgehead atoms. The molecule has 2 rings (SSSR count). The van der Waals surface area contributed by atoms with Gasteiger partial charge in [0.2, 0.25) is 0 Å². The fourth-order valence-electron chi connectivity index (χ4n) is 2.82. The molecule has 3 atom stereocenters. The molecule has 0 spiro atoms. The number of esters is 1. The summed E-state index contributed by atoms with van der Waals surface area (Å²) in [5.41, 5.74) is 0. The van der Waals surface area contributed by atoms with E-state index in [2.05, 4.69) is 4.74 Å². The minimum absolute atomic E-state index is 0.00376. The molecule has 1 saturated carbocycles. The van der Waals surface area contributed by atoms with Gasteiger partial charge in [-0.05, 0) is 24.7 Å². The van der Waals surface area contributed by atoms with E-state index in [0.717, 1.165) is 0 Å². The molecule has 24 heavy (non-hydrogen) atoms. The average molecular weight is 370 g/mol. The number of carbonyl (C=O) groups is 1. The van der Waals surface area contributed by atoms with Gasteiger partial charge >= 0.3 is 29.9 Å². The van der Waals surface area contributed by atoms with Gasteiger partial charge in [0, 0.05) is 0 Å². The predicted molar refractivity (Wildman–Crippen MR) is 60.7 cm³/mol. The topological polar surface area (TPSA) is 26.3 Å². The van der Waals surface area contributed by atoms with Crippen LogP contribution in [0.1, 0.15) is 12.8 Å². The van der Waals surface area contributed by atoms with E-state index in [9.17, 15) is 44.3 Å². The lowest BCUT2D eigenvalue weighted by Gasteiger charge is -2.33. The average Bonchev–Trinajstić information content (AvgIpc) is 3.05. The summed E-state index contributed by atoms with van der Waals surface area (Å²) in [7, 11) is 0. The standard InChI is InChI=1S/C13H11F9O2/c14-10(15,11(16,17)12(18,19)13(20,21)22)5-24-9(23)8-4-6-1-2-7(8)3-6/h1-2,6-8H,3-5H2. The fourth-order valence-corrected chi connectivity index (χ4v) is 2.82. The summed E-state index contributed by atoms with van der Waals surface area (Å²) in [5, 5.41) is 0. The second-order valence-corrected chi connectivity index (χ2v) is 5.85. The van der Waals surface area contributed by atoms with Gasteiger partial charge in [0.1, 0.15) is 0 Å². The molecule has 11 heteroatoms. The Kier molecular flexibility index (Phi) is 4.37. The number of allylic oxidation sites excluding steroid dienone is 2. The smallest absolute Gasteiger partial charge is 0.459 e. The molecule has 0 heterocycles. The van der Waals surface area contributed by atoms with Crippen molar-refractivity contribution in [1.82, 2.24) is 0 Å². The molecule has 0 aromatic rings. The Bertz CT molecular complexity index is 538. The maximum absolute atomic E-state index is 13.2. The van der Waals surface area contributed by atoms with Crippen molar-refractivity contribution in [1.29, 1.82) is 0 Å². The normalized spacial score (nSPS) is 27.6. The SMILES string of the molecule is O=C(OCC(F)(F)C(F)(F)C(F)(F)C(F)(F)F)C1CC2C=CC1C2. The minimum atomic E-state index is -6.98. The maximum atomic E-state index is 13.2. The van der Waals surface area contributed by atoms with E-state index in [1.54, 1.807) is 12.2 Å². The van der Waals surface area contributed by atoms with E-state index in [-0.39, 0.29) is 18.3 Å². The van der Waals surface area contributed by atoms with E-state index >= 15 is 0 Å². The van der Waals surface area contributed by atoms with E-state index in [1.807, 2.05) is 0 Å². The minimum Gasteiger partial charge on any atom is -0.459 e. The lowest BCUT2D eigenvalue weighted by molar-refractivity contribution is -0.398. The molecule has 138 valence electrons. The highest BCUT2D eigenvalue weighted by molar-refractivity contribution is 5.74. The lowest BCUT2D eigenvalue weighted by Crippen LogP contribution is -2.62. The van der Waals surface area contributed by atoms with Crippen LogP contribution >= 0.6 is 0 Å². The van der Waals surface area contributed by atoms with Crippen LogP contribution < -0.4 is 0 Å². The van der Waals surface area contributed by atoms with Gasteiger partial charge in [-0.1, -0.05) is 12.2 Å². The third kappa shape index (κ3) is 2.85. The molecular weight excluding hydrogens is 359 g/mol. The molecule has 3 unspecified atom stereocenters. The van der Waals surface area contributed by atoms with Crippen LogP contribution in [0.25, 0.3) is 0 Å². The Morgan fingerprint density at radius 1 is 0.917 bits per heavy atom. The Labute approximate surface area is 129 Å². The van der Waals surface area contributed by atoms with Crippen molar-refractivity contribution >= 4 is 5.97 Å². The first kappa shape index (κ1) is 18.9. The third-order valence-electron chi connectivity index (χ3n) is 4.19. The van der Waals surface area contributed by atoms with Gasteiger partial charge in [0.05, 0.1) is 5.92 Å². The predicted octanol–water partition coefficient (Wildman–Crippen LogP) is 4.21. The number of fused-ring (bicyclic) bond motifs is 2. The van der Waals surface area contributed by atoms with Crippen LogP contribution in [-0.2, 0) is 9.53 Å². The van der Waals surface area contributed by atoms with Gasteiger partial charge in [-0.15, -0.1) is 0 Å². The maximum Gasteiger partial charge on any atom is 0.460 e. The second kappa shape index (κ2) is 5.55. The number of alkyl halides is 9. The molecule has 0 aliphatic heterocycles. The van der Waals surface area contributed by atoms with Crippen molar-refractivity contribution in [3.05, 3.63) is 12.2 Å². The summed E-state index contributed by atoms with van der Waals surface area (Å²) < 4.78 is 118. The molecule has 0 aromatic carbocycles. The van der Waals surface area contributed by atoms with Gasteiger partial charge < -0.3 is 4.74 Å². The molecule has 1 fully saturated rings. The van der Waals surface area contributed by atoms with Crippen molar-refractivity contribution in [2.45, 2.75) is 36.8 Å². The van der Waals surface area contributed by atoms with Gasteiger partial charge in [-0.25, -0.2) is 0 Å². The summed E-state index contributed by atoms with van der Waals surface area (Å²) >= 11 is 0. The highest BCUT2D eigenvalue weighted by Gasteiger charge is 2.82. The number of hydrogen-bond acceptors (Lipinski definition) is 2. The summed E-state index contributed by atoms with van der Waals surface area (Å²) in [6.45, 7) is -2.57. The molecule has 0 saturated heterocycles. The van der Waals surface area contributed by atoms with Crippen LogP contribution in [0.5, 0.6) is 0 Å². The van der Waals surface area contributed by atoms with Gasteiger partial charge in [0.25, 0.3) is 0 Å². The largest absolute Gasteiger partial charge is 0.460 e. The van der Waals surface area contributed by atoms with Gasteiger partial charge in [-0.3, -0.25) is 4.79 Å². The second-order valence-electron chi connectivity index (χ2n) is 5.85. The van der Waals surface area contributed by atoms with Crippen LogP contribution in [-0.4, -0.2) is 36.5 Å². The summed E-state index contributed by atoms with van der Waals surface area (Å²) in [6, 6.07) is 0. The number of hydrogen-bond donors (Lipinski definition) is 0. The van der Waals surface area contributed by atoms with Crippen molar-refractivity contribution in [2.75, 3.05) is 6.61 Å². The van der Waals surface area contributed by atoms with Gasteiger partial charge in [0.15, 0.2) is 6.61 Å². The molecule has 0 amide bonds. The number of ether oxygens (including phenoxy) is 1. The van der Waals surface area contributed by atoms with Crippen LogP contribution in [0.15, 0.2) is 12.2 Å². The first-order valence-electron chi connectivity index (χ1n) is 6.76. The zero-order valence-corrected chi connectivity index (χ0v) is 11.7. The molecule has 2 aliphatic rings. The zero-order chi connectivity index (χ0) is 18.6. The van der Waals surface area contributed by atoms with E-state index in [4.69, 9.17) is 0 Å². The Balaban J connectivity index is 2.05. The highest BCUT2D eigenvalue weighted by atomic mass is 19.4. The monoisotopic (exact) mass is 370 g/mol. The van der Waals surface area contributed by atoms with E-state index < -0.39 is 42.4 Å². The summed E-state index contributed by atoms with van der Waals surface area (Å²) in [5.74, 6) is -22.2. The Morgan fingerprint density at radius 2 is 1.50 bits per heavy atom. The van der Waals surface area contributed by atoms with Crippen molar-refractivity contribution in [3.63, 3.8) is 0 Å².